The average molecular weight is 627 g/mol. The normalized spacial score (nSPS) is 16.9. The van der Waals surface area contributed by atoms with E-state index in [0.717, 1.165) is 63.1 Å². The summed E-state index contributed by atoms with van der Waals surface area (Å²) in [6.07, 6.45) is 6.29. The second-order valence-corrected chi connectivity index (χ2v) is 16.4. The highest BCUT2D eigenvalue weighted by Crippen LogP contribution is 2.37. The Morgan fingerprint density at radius 1 is 0.909 bits per heavy atom. The van der Waals surface area contributed by atoms with Crippen molar-refractivity contribution in [2.75, 3.05) is 45.8 Å². The molecule has 0 aliphatic carbocycles. The summed E-state index contributed by atoms with van der Waals surface area (Å²) in [5, 5.41) is 16.5. The molecule has 10 heteroatoms. The number of carbonyl (C=O) groups excluding carboxylic acids is 3. The number of nitrogens with one attached hydrogen (secondary N) is 2. The summed E-state index contributed by atoms with van der Waals surface area (Å²) >= 11 is 1.26. The third-order valence-corrected chi connectivity index (χ3v) is 9.36. The second kappa shape index (κ2) is 14.5. The largest absolute Gasteiger partial charge is 0.508 e. The number of thiol groups is 1. The van der Waals surface area contributed by atoms with Crippen LogP contribution in [-0.2, 0) is 39.1 Å². The van der Waals surface area contributed by atoms with Crippen LogP contribution in [0, 0.1) is 5.41 Å². The number of phenols is 1. The van der Waals surface area contributed by atoms with Gasteiger partial charge in [0.25, 0.3) is 11.8 Å². The van der Waals surface area contributed by atoms with Crippen LogP contribution >= 0.6 is 0 Å². The number of piperazine rings is 1. The zero-order valence-electron chi connectivity index (χ0n) is 27.5. The molecule has 9 nitrogen and oxygen atoms in total. The molecule has 0 bridgehead atoms. The van der Waals surface area contributed by atoms with Gasteiger partial charge in [0.05, 0.1) is 5.52 Å². The fourth-order valence-electron chi connectivity index (χ4n) is 5.87. The fourth-order valence-corrected chi connectivity index (χ4v) is 7.05. The maximum absolute atomic E-state index is 12.3. The molecule has 0 unspecified atom stereocenters. The molecule has 2 aromatic rings. The predicted octanol–water partition coefficient (Wildman–Crippen LogP) is 4.15. The first-order valence-electron chi connectivity index (χ1n) is 16.0. The molecule has 1 aromatic heterocycles. The minimum Gasteiger partial charge on any atom is -0.508 e. The lowest BCUT2D eigenvalue weighted by Gasteiger charge is -2.34. The number of H-pyrrole nitrogens is 1. The quantitative estimate of drug-likeness (QED) is 0.133. The number of hydrogen-bond acceptors (Lipinski definition) is 6. The van der Waals surface area contributed by atoms with Crippen molar-refractivity contribution in [3.05, 3.63) is 35.4 Å². The van der Waals surface area contributed by atoms with E-state index in [1.807, 2.05) is 6.07 Å². The molecule has 4 rings (SSSR count). The van der Waals surface area contributed by atoms with Gasteiger partial charge in [-0.3, -0.25) is 29.1 Å². The van der Waals surface area contributed by atoms with Gasteiger partial charge in [0, 0.05) is 99.2 Å². The Morgan fingerprint density at radius 3 is 2.20 bits per heavy atom. The number of hydrogen-bond donors (Lipinski definition) is 3. The van der Waals surface area contributed by atoms with E-state index in [0.29, 0.717) is 38.2 Å². The van der Waals surface area contributed by atoms with Crippen LogP contribution in [0.25, 0.3) is 10.9 Å². The van der Waals surface area contributed by atoms with Crippen LogP contribution in [0.2, 0.25) is 0 Å². The van der Waals surface area contributed by atoms with Crippen molar-refractivity contribution in [3.8, 4) is 5.75 Å². The van der Waals surface area contributed by atoms with Crippen LogP contribution in [0.1, 0.15) is 78.4 Å². The van der Waals surface area contributed by atoms with Gasteiger partial charge in [-0.15, -0.1) is 0 Å². The molecule has 1 aromatic carbocycles. The highest BCUT2D eigenvalue weighted by atomic mass is 32.2. The minimum atomic E-state index is -0.250. The Hall–Kier alpha value is -2.82. The summed E-state index contributed by atoms with van der Waals surface area (Å²) in [5.41, 5.74) is 3.56. The van der Waals surface area contributed by atoms with Crippen LogP contribution in [0.5, 0.6) is 5.75 Å². The monoisotopic (exact) mass is 626 g/mol. The number of amides is 3. The maximum Gasteiger partial charge on any atom is 0.253 e. The molecule has 44 heavy (non-hydrogen) atoms. The number of fused-ring (bicyclic) bond motifs is 1. The summed E-state index contributed by atoms with van der Waals surface area (Å²) in [6.45, 7) is 19.8. The SMILES string of the molecule is CC(C)(C)Cc1c([SH+]C(C)(C)C)[nH]c2c(CN3CCN(CCNC(=O)CCCCCN4C(=O)C=CC4=O)CC3)c(O)ccc12. The van der Waals surface area contributed by atoms with Gasteiger partial charge < -0.3 is 15.4 Å². The summed E-state index contributed by atoms with van der Waals surface area (Å²) < 4.78 is 0.127. The van der Waals surface area contributed by atoms with Crippen LogP contribution in [0.15, 0.2) is 29.3 Å². The topological polar surface area (TPSA) is 109 Å². The van der Waals surface area contributed by atoms with Gasteiger partial charge in [0.15, 0.2) is 0 Å². The number of imide groups is 1. The van der Waals surface area contributed by atoms with Crippen molar-refractivity contribution in [2.45, 2.75) is 90.0 Å². The predicted molar refractivity (Wildman–Crippen MR) is 179 cm³/mol. The van der Waals surface area contributed by atoms with E-state index in [9.17, 15) is 19.5 Å². The van der Waals surface area contributed by atoms with E-state index in [1.165, 1.54) is 44.8 Å². The summed E-state index contributed by atoms with van der Waals surface area (Å²) in [4.78, 5) is 45.3. The van der Waals surface area contributed by atoms with Crippen LogP contribution in [0.3, 0.4) is 0 Å². The van der Waals surface area contributed by atoms with Crippen molar-refractivity contribution in [1.82, 2.24) is 25.0 Å². The Labute approximate surface area is 266 Å². The van der Waals surface area contributed by atoms with Crippen LogP contribution < -0.4 is 5.32 Å². The van der Waals surface area contributed by atoms with Gasteiger partial charge in [-0.25, -0.2) is 0 Å². The smallest absolute Gasteiger partial charge is 0.253 e. The Balaban J connectivity index is 1.22. The lowest BCUT2D eigenvalue weighted by Crippen LogP contribution is -2.48. The average Bonchev–Trinajstić information content (AvgIpc) is 3.42. The van der Waals surface area contributed by atoms with Crippen molar-refractivity contribution < 1.29 is 19.5 Å². The molecule has 0 radical (unpaired) electrons. The highest BCUT2D eigenvalue weighted by molar-refractivity contribution is 7.80. The molecule has 3 N–H and O–H groups in total. The summed E-state index contributed by atoms with van der Waals surface area (Å²) in [5.74, 6) is -0.108. The van der Waals surface area contributed by atoms with Gasteiger partial charge in [0.2, 0.25) is 10.9 Å². The van der Waals surface area contributed by atoms with E-state index in [1.54, 1.807) is 0 Å². The highest BCUT2D eigenvalue weighted by Gasteiger charge is 2.31. The Kier molecular flexibility index (Phi) is 11.2. The third-order valence-electron chi connectivity index (χ3n) is 8.08. The minimum absolute atomic E-state index is 0.0455. The van der Waals surface area contributed by atoms with Crippen molar-refractivity contribution >= 4 is 40.4 Å². The molecule has 1 fully saturated rings. The van der Waals surface area contributed by atoms with Crippen LogP contribution in [0.4, 0.5) is 0 Å². The summed E-state index contributed by atoms with van der Waals surface area (Å²) in [7, 11) is 0. The molecule has 2 aliphatic rings. The van der Waals surface area contributed by atoms with Gasteiger partial charge in [-0.1, -0.05) is 27.2 Å². The van der Waals surface area contributed by atoms with Gasteiger partial charge >= 0.3 is 0 Å². The van der Waals surface area contributed by atoms with Gasteiger partial charge in [-0.05, 0) is 57.6 Å². The molecule has 242 valence electrons. The number of benzene rings is 1. The summed E-state index contributed by atoms with van der Waals surface area (Å²) in [6, 6.07) is 3.94. The first kappa shape index (κ1) is 34.1. The fraction of sp³-hybridized carbons (Fsp3) is 0.618. The van der Waals surface area contributed by atoms with E-state index in [2.05, 4.69) is 67.7 Å². The Bertz CT molecular complexity index is 1340. The van der Waals surface area contributed by atoms with Crippen molar-refractivity contribution in [3.63, 3.8) is 0 Å². The molecule has 0 spiro atoms. The number of aromatic hydroxyl groups is 1. The zero-order chi connectivity index (χ0) is 32.1. The third kappa shape index (κ3) is 9.59. The van der Waals surface area contributed by atoms with Crippen LogP contribution in [-0.4, -0.2) is 93.1 Å². The number of nitrogens with zero attached hydrogens (tertiary/aromatic N) is 3. The van der Waals surface area contributed by atoms with Crippen molar-refractivity contribution in [1.29, 1.82) is 0 Å². The standard InChI is InChI=1S/C34H51N5O4S/c1-33(2,3)22-25-24-11-12-27(40)26(31(24)36-32(25)44-34(4,5)6)23-38-20-18-37(19-21-38)17-15-35-28(41)10-8-7-9-16-39-29(42)13-14-30(39)43/h11-14,36,40H,7-10,15-23H2,1-6H3,(H,35,41)/p+1. The van der Waals surface area contributed by atoms with Crippen molar-refractivity contribution in [2.24, 2.45) is 5.41 Å². The van der Waals surface area contributed by atoms with E-state index >= 15 is 0 Å². The maximum atomic E-state index is 12.3. The first-order valence-corrected chi connectivity index (χ1v) is 16.9. The lowest BCUT2D eigenvalue weighted by atomic mass is 9.88. The molecule has 3 amide bonds. The Morgan fingerprint density at radius 2 is 1.57 bits per heavy atom. The molecular weight excluding hydrogens is 574 g/mol. The molecule has 1 saturated heterocycles. The van der Waals surface area contributed by atoms with Gasteiger partial charge in [-0.2, -0.15) is 0 Å². The number of aromatic nitrogens is 1. The molecular formula is C34H52N5O4S+. The first-order chi connectivity index (χ1) is 20.7. The zero-order valence-corrected chi connectivity index (χ0v) is 28.4. The van der Waals surface area contributed by atoms with Gasteiger partial charge in [0.1, 0.15) is 10.5 Å². The number of carbonyl (C=O) groups is 3. The number of phenolic OH excluding ortho intramolecular Hbond substituents is 1. The molecule has 3 heterocycles. The second-order valence-electron chi connectivity index (χ2n) is 14.4. The molecule has 0 atom stereocenters. The molecule has 0 saturated carbocycles. The number of rotatable bonds is 13. The van der Waals surface area contributed by atoms with E-state index < -0.39 is 0 Å². The number of unbranched alkanes of at least 4 members (excludes halogenated alkanes) is 2. The number of aromatic amines is 1. The van der Waals surface area contributed by atoms with E-state index in [4.69, 9.17) is 0 Å². The molecule has 2 aliphatic heterocycles. The lowest BCUT2D eigenvalue weighted by molar-refractivity contribution is -0.137. The van der Waals surface area contributed by atoms with E-state index in [-0.39, 0.29) is 27.9 Å².